The van der Waals surface area contributed by atoms with Crippen molar-refractivity contribution >= 4 is 10.9 Å². The minimum atomic E-state index is -0.273. The minimum absolute atomic E-state index is 0.123. The van der Waals surface area contributed by atoms with E-state index in [-0.39, 0.29) is 23.5 Å². The fraction of sp³-hybridized carbons (Fsp3) is 0.448. The van der Waals surface area contributed by atoms with Crippen molar-refractivity contribution in [1.29, 1.82) is 0 Å². The van der Waals surface area contributed by atoms with E-state index in [4.69, 9.17) is 4.74 Å². The number of H-pyrrole nitrogens is 1. The van der Waals surface area contributed by atoms with Crippen LogP contribution in [-0.2, 0) is 13.1 Å². The van der Waals surface area contributed by atoms with Crippen LogP contribution in [0, 0.1) is 5.82 Å². The highest BCUT2D eigenvalue weighted by Crippen LogP contribution is 2.33. The Hall–Kier alpha value is -3.59. The van der Waals surface area contributed by atoms with Crippen molar-refractivity contribution in [1.82, 2.24) is 30.1 Å². The number of rotatable bonds is 10. The van der Waals surface area contributed by atoms with E-state index in [1.807, 2.05) is 35.9 Å². The second-order valence-electron chi connectivity index (χ2n) is 10.0. The molecule has 0 amide bonds. The maximum atomic E-state index is 13.7. The fourth-order valence-corrected chi connectivity index (χ4v) is 5.53. The van der Waals surface area contributed by atoms with Gasteiger partial charge in [0, 0.05) is 29.6 Å². The third kappa shape index (κ3) is 5.78. The van der Waals surface area contributed by atoms with Gasteiger partial charge in [-0.1, -0.05) is 38.3 Å². The predicted octanol–water partition coefficient (Wildman–Crippen LogP) is 5.71. The predicted molar refractivity (Wildman–Crippen MR) is 144 cm³/mol. The largest absolute Gasteiger partial charge is 0.494 e. The van der Waals surface area contributed by atoms with E-state index in [1.54, 1.807) is 12.1 Å². The van der Waals surface area contributed by atoms with E-state index in [0.29, 0.717) is 25.3 Å². The Balaban J connectivity index is 1.52. The lowest BCUT2D eigenvalue weighted by Gasteiger charge is -2.32. The highest BCUT2D eigenvalue weighted by Gasteiger charge is 2.29. The van der Waals surface area contributed by atoms with E-state index in [2.05, 4.69) is 32.3 Å². The van der Waals surface area contributed by atoms with Gasteiger partial charge in [-0.05, 0) is 78.6 Å². The molecule has 2 heterocycles. The molecule has 1 aliphatic carbocycles. The number of nitrogens with one attached hydrogen (secondary N) is 1. The first-order chi connectivity index (χ1) is 18.6. The van der Waals surface area contributed by atoms with Crippen LogP contribution in [0.3, 0.4) is 0 Å². The third-order valence-electron chi connectivity index (χ3n) is 7.44. The summed E-state index contributed by atoms with van der Waals surface area (Å²) in [6.45, 7) is 5.54. The zero-order chi connectivity index (χ0) is 26.5. The van der Waals surface area contributed by atoms with Gasteiger partial charge in [-0.15, -0.1) is 5.10 Å². The second kappa shape index (κ2) is 11.9. The van der Waals surface area contributed by atoms with Crippen LogP contribution in [0.5, 0.6) is 5.75 Å². The quantitative estimate of drug-likeness (QED) is 0.289. The summed E-state index contributed by atoms with van der Waals surface area (Å²) in [5.74, 6) is 1.31. The lowest BCUT2D eigenvalue weighted by molar-refractivity contribution is 0.155. The van der Waals surface area contributed by atoms with Gasteiger partial charge in [0.15, 0.2) is 5.82 Å². The molecule has 9 heteroatoms. The van der Waals surface area contributed by atoms with Gasteiger partial charge >= 0.3 is 0 Å². The van der Waals surface area contributed by atoms with Crippen LogP contribution in [0.2, 0.25) is 0 Å². The molecule has 0 radical (unpaired) electrons. The summed E-state index contributed by atoms with van der Waals surface area (Å²) in [5.41, 5.74) is 2.23. The van der Waals surface area contributed by atoms with Crippen LogP contribution < -0.4 is 10.3 Å². The van der Waals surface area contributed by atoms with E-state index >= 15 is 0 Å². The van der Waals surface area contributed by atoms with Crippen molar-refractivity contribution in [3.63, 3.8) is 0 Å². The van der Waals surface area contributed by atoms with Gasteiger partial charge in [0.25, 0.3) is 5.56 Å². The number of ether oxygens (including phenoxy) is 1. The lowest BCUT2D eigenvalue weighted by atomic mass is 9.95. The SMILES string of the molecule is CCOc1ccc2[nH]c(=O)c(CN(Cc3ccc(F)cc3)[C@@H](CC)c3nnnn3C3CCCCC3)cc2c1. The summed E-state index contributed by atoms with van der Waals surface area (Å²) < 4.78 is 21.3. The molecule has 1 N–H and O–H groups in total. The molecule has 0 bridgehead atoms. The topological polar surface area (TPSA) is 88.9 Å². The molecule has 2 aromatic heterocycles. The molecule has 0 unspecified atom stereocenters. The first kappa shape index (κ1) is 26.0. The zero-order valence-electron chi connectivity index (χ0n) is 22.1. The van der Waals surface area contributed by atoms with E-state index in [1.165, 1.54) is 31.4 Å². The number of hydrogen-bond acceptors (Lipinski definition) is 6. The molecule has 38 heavy (non-hydrogen) atoms. The third-order valence-corrected chi connectivity index (χ3v) is 7.44. The molecular weight excluding hydrogens is 483 g/mol. The number of nitrogens with zero attached hydrogens (tertiary/aromatic N) is 5. The summed E-state index contributed by atoms with van der Waals surface area (Å²) in [4.78, 5) is 18.4. The van der Waals surface area contributed by atoms with E-state index in [0.717, 1.165) is 47.3 Å². The van der Waals surface area contributed by atoms with Crippen molar-refractivity contribution < 1.29 is 9.13 Å². The average molecular weight is 519 g/mol. The van der Waals surface area contributed by atoms with E-state index in [9.17, 15) is 9.18 Å². The first-order valence-corrected chi connectivity index (χ1v) is 13.6. The molecule has 0 spiro atoms. The van der Waals surface area contributed by atoms with Crippen molar-refractivity contribution in [2.24, 2.45) is 0 Å². The molecule has 1 aliphatic rings. The molecule has 5 rings (SSSR count). The normalized spacial score (nSPS) is 15.3. The molecule has 200 valence electrons. The summed E-state index contributed by atoms with van der Waals surface area (Å²) in [6, 6.07) is 14.3. The van der Waals surface area contributed by atoms with Crippen LogP contribution in [-0.4, -0.2) is 36.7 Å². The molecule has 1 atom stereocenters. The standard InChI is InChI=1S/C29H35FN6O2/c1-3-27(28-32-33-34-36(28)24-8-6-5-7-9-24)35(18-20-10-12-23(30)13-11-20)19-22-16-21-17-25(38-4-2)14-15-26(21)31-29(22)37/h10-17,24,27H,3-9,18-19H2,1-2H3,(H,31,37)/t27-/m0/s1. The summed E-state index contributed by atoms with van der Waals surface area (Å²) >= 11 is 0. The summed E-state index contributed by atoms with van der Waals surface area (Å²) in [5, 5.41) is 13.9. The van der Waals surface area contributed by atoms with Crippen LogP contribution in [0.1, 0.15) is 81.4 Å². The van der Waals surface area contributed by atoms with Crippen LogP contribution >= 0.6 is 0 Å². The molecule has 4 aromatic rings. The Bertz CT molecular complexity index is 1410. The molecular formula is C29H35FN6O2. The van der Waals surface area contributed by atoms with Gasteiger partial charge < -0.3 is 9.72 Å². The van der Waals surface area contributed by atoms with Gasteiger partial charge in [0.05, 0.1) is 18.7 Å². The second-order valence-corrected chi connectivity index (χ2v) is 10.0. The summed E-state index contributed by atoms with van der Waals surface area (Å²) in [7, 11) is 0. The zero-order valence-corrected chi connectivity index (χ0v) is 22.1. The number of fused-ring (bicyclic) bond motifs is 1. The molecule has 1 fully saturated rings. The van der Waals surface area contributed by atoms with Gasteiger partial charge in [0.1, 0.15) is 11.6 Å². The van der Waals surface area contributed by atoms with Gasteiger partial charge in [-0.25, -0.2) is 9.07 Å². The number of tetrazole rings is 1. The maximum absolute atomic E-state index is 13.7. The van der Waals surface area contributed by atoms with Crippen LogP contribution in [0.4, 0.5) is 4.39 Å². The Labute approximate surface area is 221 Å². The lowest BCUT2D eigenvalue weighted by Crippen LogP contribution is -2.33. The van der Waals surface area contributed by atoms with E-state index < -0.39 is 0 Å². The van der Waals surface area contributed by atoms with Crippen molar-refractivity contribution in [3.8, 4) is 5.75 Å². The number of aromatic nitrogens is 5. The Morgan fingerprint density at radius 1 is 1.08 bits per heavy atom. The van der Waals surface area contributed by atoms with Gasteiger partial charge in [-0.2, -0.15) is 0 Å². The van der Waals surface area contributed by atoms with Crippen molar-refractivity contribution in [2.75, 3.05) is 6.61 Å². The fourth-order valence-electron chi connectivity index (χ4n) is 5.53. The molecule has 2 aromatic carbocycles. The summed E-state index contributed by atoms with van der Waals surface area (Å²) in [6.07, 6.45) is 6.50. The number of hydrogen-bond donors (Lipinski definition) is 1. The Kier molecular flexibility index (Phi) is 8.12. The van der Waals surface area contributed by atoms with Crippen LogP contribution in [0.15, 0.2) is 53.3 Å². The Morgan fingerprint density at radius 3 is 2.61 bits per heavy atom. The van der Waals surface area contributed by atoms with Gasteiger partial charge in [-0.3, -0.25) is 9.69 Å². The highest BCUT2D eigenvalue weighted by atomic mass is 19.1. The molecule has 0 saturated heterocycles. The number of aromatic amines is 1. The average Bonchev–Trinajstić information content (AvgIpc) is 3.41. The molecule has 8 nitrogen and oxygen atoms in total. The molecule has 0 aliphatic heterocycles. The number of halogens is 1. The van der Waals surface area contributed by atoms with Crippen molar-refractivity contribution in [3.05, 3.63) is 81.7 Å². The molecule has 1 saturated carbocycles. The monoisotopic (exact) mass is 518 g/mol. The minimum Gasteiger partial charge on any atom is -0.494 e. The van der Waals surface area contributed by atoms with Crippen molar-refractivity contribution in [2.45, 2.75) is 77.5 Å². The van der Waals surface area contributed by atoms with Gasteiger partial charge in [0.2, 0.25) is 0 Å². The smallest absolute Gasteiger partial charge is 0.252 e. The highest BCUT2D eigenvalue weighted by molar-refractivity contribution is 5.80. The number of benzene rings is 2. The number of pyridine rings is 1. The van der Waals surface area contributed by atoms with Crippen LogP contribution in [0.25, 0.3) is 10.9 Å². The first-order valence-electron chi connectivity index (χ1n) is 13.6. The Morgan fingerprint density at radius 2 is 1.87 bits per heavy atom. The maximum Gasteiger partial charge on any atom is 0.252 e.